The Labute approximate surface area is 169 Å². The number of hydrogen-bond donors (Lipinski definition) is 1. The number of carboxylic acid groups (broad SMARTS) is 1. The summed E-state index contributed by atoms with van der Waals surface area (Å²) in [5.41, 5.74) is 2.91. The predicted molar refractivity (Wildman–Crippen MR) is 115 cm³/mol. The van der Waals surface area contributed by atoms with Gasteiger partial charge in [-0.3, -0.25) is 14.7 Å². The van der Waals surface area contributed by atoms with Crippen molar-refractivity contribution in [1.29, 1.82) is 0 Å². The van der Waals surface area contributed by atoms with Crippen LogP contribution in [-0.2, 0) is 4.79 Å². The second-order valence-corrected chi connectivity index (χ2v) is 7.67. The van der Waals surface area contributed by atoms with E-state index in [0.29, 0.717) is 6.42 Å². The maximum atomic E-state index is 11.9. The van der Waals surface area contributed by atoms with E-state index in [0.717, 1.165) is 40.5 Å². The largest absolute Gasteiger partial charge is 0.480 e. The first-order valence-corrected chi connectivity index (χ1v) is 10.0. The third-order valence-corrected chi connectivity index (χ3v) is 5.90. The molecule has 0 saturated carbocycles. The highest BCUT2D eigenvalue weighted by Crippen LogP contribution is 2.36. The lowest BCUT2D eigenvalue weighted by Crippen LogP contribution is -2.39. The van der Waals surface area contributed by atoms with Crippen molar-refractivity contribution < 1.29 is 9.90 Å². The van der Waals surface area contributed by atoms with Crippen LogP contribution in [-0.4, -0.2) is 33.5 Å². The zero-order chi connectivity index (χ0) is 19.8. The molecule has 4 heteroatoms. The minimum atomic E-state index is -0.755. The van der Waals surface area contributed by atoms with Crippen LogP contribution >= 0.6 is 0 Å². The number of fused-ring (bicyclic) bond motifs is 2. The number of aliphatic carboxylic acids is 1. The van der Waals surface area contributed by atoms with Gasteiger partial charge < -0.3 is 5.11 Å². The van der Waals surface area contributed by atoms with Gasteiger partial charge in [-0.25, -0.2) is 0 Å². The van der Waals surface area contributed by atoms with Crippen molar-refractivity contribution in [2.24, 2.45) is 0 Å². The molecule has 144 valence electrons. The zero-order valence-electron chi connectivity index (χ0n) is 16.0. The van der Waals surface area contributed by atoms with E-state index < -0.39 is 12.0 Å². The molecule has 2 heterocycles. The number of aromatic nitrogens is 1. The standard InChI is InChI=1S/C25H22N2O2/c28-25(29)23-10-5-15-27(23)24(20-12-11-17-6-1-2-8-19(17)16-20)22-14-13-18-7-3-4-9-21(18)26-22/h1-4,6-9,11-14,16,23-24H,5,10,15H2,(H,28,29). The molecule has 1 fully saturated rings. The third-order valence-electron chi connectivity index (χ3n) is 5.90. The number of rotatable bonds is 4. The van der Waals surface area contributed by atoms with E-state index >= 15 is 0 Å². The number of pyridine rings is 1. The summed E-state index contributed by atoms with van der Waals surface area (Å²) in [5, 5.41) is 13.2. The van der Waals surface area contributed by atoms with Gasteiger partial charge in [0.25, 0.3) is 0 Å². The Balaban J connectivity index is 1.68. The Kier molecular flexibility index (Phi) is 4.49. The van der Waals surface area contributed by atoms with Crippen molar-refractivity contribution in [3.05, 3.63) is 90.1 Å². The molecule has 5 rings (SSSR count). The zero-order valence-corrected chi connectivity index (χ0v) is 16.0. The number of likely N-dealkylation sites (tertiary alicyclic amines) is 1. The fourth-order valence-electron chi connectivity index (χ4n) is 4.51. The number of carboxylic acids is 1. The highest BCUT2D eigenvalue weighted by atomic mass is 16.4. The average molecular weight is 382 g/mol. The van der Waals surface area contributed by atoms with Crippen LogP contribution in [0, 0.1) is 0 Å². The second-order valence-electron chi connectivity index (χ2n) is 7.67. The monoisotopic (exact) mass is 382 g/mol. The lowest BCUT2D eigenvalue weighted by molar-refractivity contribution is -0.142. The number of nitrogens with zero attached hydrogens (tertiary/aromatic N) is 2. The summed E-state index contributed by atoms with van der Waals surface area (Å²) < 4.78 is 0. The first-order valence-electron chi connectivity index (χ1n) is 10.0. The SMILES string of the molecule is O=C(O)C1CCCN1C(c1ccc2ccccc2c1)c1ccc2ccccc2n1. The maximum Gasteiger partial charge on any atom is 0.320 e. The van der Waals surface area contributed by atoms with Crippen molar-refractivity contribution in [3.63, 3.8) is 0 Å². The Bertz CT molecular complexity index is 1120. The van der Waals surface area contributed by atoms with Crippen molar-refractivity contribution in [2.45, 2.75) is 24.9 Å². The molecule has 1 N–H and O–H groups in total. The van der Waals surface area contributed by atoms with Gasteiger partial charge in [-0.15, -0.1) is 0 Å². The van der Waals surface area contributed by atoms with Crippen LogP contribution in [0.25, 0.3) is 21.7 Å². The Hall–Kier alpha value is -3.24. The van der Waals surface area contributed by atoms with E-state index in [-0.39, 0.29) is 6.04 Å². The van der Waals surface area contributed by atoms with Crippen molar-refractivity contribution >= 4 is 27.6 Å². The number of hydrogen-bond acceptors (Lipinski definition) is 3. The molecular formula is C25H22N2O2. The van der Waals surface area contributed by atoms with Crippen molar-refractivity contribution in [3.8, 4) is 0 Å². The highest BCUT2D eigenvalue weighted by molar-refractivity contribution is 5.83. The van der Waals surface area contributed by atoms with Gasteiger partial charge in [0, 0.05) is 11.9 Å². The van der Waals surface area contributed by atoms with E-state index in [9.17, 15) is 9.90 Å². The van der Waals surface area contributed by atoms with Gasteiger partial charge in [-0.1, -0.05) is 60.7 Å². The molecule has 29 heavy (non-hydrogen) atoms. The molecule has 4 nitrogen and oxygen atoms in total. The summed E-state index contributed by atoms with van der Waals surface area (Å²) >= 11 is 0. The smallest absolute Gasteiger partial charge is 0.320 e. The van der Waals surface area contributed by atoms with E-state index in [1.165, 1.54) is 5.39 Å². The van der Waals surface area contributed by atoms with Crippen molar-refractivity contribution in [2.75, 3.05) is 6.54 Å². The summed E-state index contributed by atoms with van der Waals surface area (Å²) in [6.07, 6.45) is 1.56. The molecular weight excluding hydrogens is 360 g/mol. The molecule has 1 aromatic heterocycles. The summed E-state index contributed by atoms with van der Waals surface area (Å²) in [6.45, 7) is 0.753. The van der Waals surface area contributed by atoms with E-state index in [4.69, 9.17) is 4.98 Å². The highest BCUT2D eigenvalue weighted by Gasteiger charge is 2.37. The molecule has 3 aromatic carbocycles. The van der Waals surface area contributed by atoms with Crippen LogP contribution in [0.2, 0.25) is 0 Å². The lowest BCUT2D eigenvalue weighted by Gasteiger charge is -2.31. The molecule has 1 aliphatic rings. The fraction of sp³-hybridized carbons (Fsp3) is 0.200. The van der Waals surface area contributed by atoms with Gasteiger partial charge in [0.2, 0.25) is 0 Å². The minimum absolute atomic E-state index is 0.187. The van der Waals surface area contributed by atoms with Crippen LogP contribution in [0.4, 0.5) is 0 Å². The minimum Gasteiger partial charge on any atom is -0.480 e. The van der Waals surface area contributed by atoms with E-state index in [1.807, 2.05) is 42.5 Å². The van der Waals surface area contributed by atoms with Crippen molar-refractivity contribution in [1.82, 2.24) is 9.88 Å². The van der Waals surface area contributed by atoms with Gasteiger partial charge in [0.1, 0.15) is 6.04 Å². The molecule has 0 spiro atoms. The van der Waals surface area contributed by atoms with Crippen LogP contribution in [0.3, 0.4) is 0 Å². The number of benzene rings is 3. The molecule has 0 aliphatic carbocycles. The molecule has 1 aliphatic heterocycles. The molecule has 0 bridgehead atoms. The average Bonchev–Trinajstić information content (AvgIpc) is 3.23. The van der Waals surface area contributed by atoms with Crippen LogP contribution < -0.4 is 0 Å². The summed E-state index contributed by atoms with van der Waals surface area (Å²) in [6, 6.07) is 26.2. The van der Waals surface area contributed by atoms with Gasteiger partial charge >= 0.3 is 5.97 Å². The lowest BCUT2D eigenvalue weighted by atomic mass is 9.96. The number of carbonyl (C=O) groups is 1. The normalized spacial score (nSPS) is 18.3. The third kappa shape index (κ3) is 3.26. The fourth-order valence-corrected chi connectivity index (χ4v) is 4.51. The Morgan fingerprint density at radius 2 is 1.66 bits per heavy atom. The summed E-state index contributed by atoms with van der Waals surface area (Å²) in [7, 11) is 0. The molecule has 0 radical (unpaired) electrons. The molecule has 1 saturated heterocycles. The summed E-state index contributed by atoms with van der Waals surface area (Å²) in [5.74, 6) is -0.755. The Morgan fingerprint density at radius 3 is 2.48 bits per heavy atom. The Morgan fingerprint density at radius 1 is 0.931 bits per heavy atom. The first-order chi connectivity index (χ1) is 14.2. The molecule has 2 atom stereocenters. The van der Waals surface area contributed by atoms with E-state index in [2.05, 4.69) is 41.3 Å². The molecule has 2 unspecified atom stereocenters. The predicted octanol–water partition coefficient (Wildman–Crippen LogP) is 5.03. The first kappa shape index (κ1) is 17.8. The van der Waals surface area contributed by atoms with Gasteiger partial charge in [0.05, 0.1) is 17.3 Å². The number of para-hydroxylation sites is 1. The quantitative estimate of drug-likeness (QED) is 0.538. The van der Waals surface area contributed by atoms with Gasteiger partial charge in [0.15, 0.2) is 0 Å². The second kappa shape index (κ2) is 7.30. The van der Waals surface area contributed by atoms with Crippen LogP contribution in [0.1, 0.15) is 30.1 Å². The molecule has 0 amide bonds. The van der Waals surface area contributed by atoms with Gasteiger partial charge in [-0.05, 0) is 47.4 Å². The summed E-state index contributed by atoms with van der Waals surface area (Å²) in [4.78, 5) is 19.0. The molecule has 4 aromatic rings. The van der Waals surface area contributed by atoms with Gasteiger partial charge in [-0.2, -0.15) is 0 Å². The maximum absolute atomic E-state index is 11.9. The topological polar surface area (TPSA) is 53.4 Å². The van der Waals surface area contributed by atoms with Crippen LogP contribution in [0.5, 0.6) is 0 Å². The van der Waals surface area contributed by atoms with E-state index in [1.54, 1.807) is 0 Å². The van der Waals surface area contributed by atoms with Crippen LogP contribution in [0.15, 0.2) is 78.9 Å².